The molecule has 0 fully saturated rings. The second-order valence-electron chi connectivity index (χ2n) is 9.38. The number of carbonyl (C=O) groups is 3. The normalized spacial score (nSPS) is 15.3. The number of carbonyl (C=O) groups excluding carboxylic acids is 3. The predicted molar refractivity (Wildman–Crippen MR) is 112 cm³/mol. The Hall–Kier alpha value is -1.23. The first-order chi connectivity index (χ1) is 12.5. The molecular weight excluding hydrogens is 340 g/mol. The van der Waals surface area contributed by atoms with Crippen LogP contribution in [0, 0.1) is 23.7 Å². The molecule has 0 heterocycles. The highest BCUT2D eigenvalue weighted by Gasteiger charge is 2.29. The summed E-state index contributed by atoms with van der Waals surface area (Å²) < 4.78 is 0. The molecule has 0 rings (SSSR count). The number of nitrogens with one attached hydrogen (secondary N) is 2. The van der Waals surface area contributed by atoms with Crippen molar-refractivity contribution in [3.8, 4) is 0 Å². The van der Waals surface area contributed by atoms with E-state index in [2.05, 4.69) is 24.5 Å². The van der Waals surface area contributed by atoms with Crippen LogP contribution in [0.2, 0.25) is 0 Å². The Morgan fingerprint density at radius 2 is 1.33 bits per heavy atom. The highest BCUT2D eigenvalue weighted by molar-refractivity contribution is 5.90. The number of hydrogen-bond acceptors (Lipinski definition) is 4. The molecule has 0 unspecified atom stereocenters. The summed E-state index contributed by atoms with van der Waals surface area (Å²) in [6.07, 6.45) is 3.03. The minimum Gasteiger partial charge on any atom is -0.346 e. The van der Waals surface area contributed by atoms with Crippen molar-refractivity contribution in [3.05, 3.63) is 0 Å². The largest absolute Gasteiger partial charge is 0.346 e. The molecule has 0 aliphatic rings. The van der Waals surface area contributed by atoms with Crippen LogP contribution >= 0.6 is 0 Å². The molecule has 27 heavy (non-hydrogen) atoms. The van der Waals surface area contributed by atoms with Crippen LogP contribution in [0.3, 0.4) is 0 Å². The third kappa shape index (κ3) is 12.0. The van der Waals surface area contributed by atoms with Gasteiger partial charge in [0.05, 0.1) is 12.1 Å². The van der Waals surface area contributed by atoms with Crippen LogP contribution < -0.4 is 10.6 Å². The molecule has 0 aromatic rings. The predicted octanol–water partition coefficient (Wildman–Crippen LogP) is 3.75. The van der Waals surface area contributed by atoms with Crippen molar-refractivity contribution in [2.45, 2.75) is 99.2 Å². The van der Waals surface area contributed by atoms with Gasteiger partial charge in [-0.15, -0.1) is 0 Å². The molecular formula is C22H42N2O3. The maximum atomic E-state index is 12.9. The van der Waals surface area contributed by atoms with E-state index in [1.165, 1.54) is 0 Å². The lowest BCUT2D eigenvalue weighted by molar-refractivity contribution is -0.132. The zero-order chi connectivity index (χ0) is 21.1. The molecule has 0 bridgehead atoms. The first-order valence-electron chi connectivity index (χ1n) is 10.5. The van der Waals surface area contributed by atoms with E-state index < -0.39 is 12.0 Å². The summed E-state index contributed by atoms with van der Waals surface area (Å²) in [4.78, 5) is 37.0. The Bertz CT molecular complexity index is 448. The summed E-state index contributed by atoms with van der Waals surface area (Å²) in [6, 6.07) is -0.506. The quantitative estimate of drug-likeness (QED) is 0.449. The van der Waals surface area contributed by atoms with Crippen molar-refractivity contribution in [2.75, 3.05) is 0 Å². The Morgan fingerprint density at radius 1 is 0.815 bits per heavy atom. The monoisotopic (exact) mass is 382 g/mol. The summed E-state index contributed by atoms with van der Waals surface area (Å²) in [5, 5.41) is 6.20. The molecule has 2 N–H and O–H groups in total. The minimum absolute atomic E-state index is 0.0877. The second-order valence-corrected chi connectivity index (χ2v) is 9.38. The van der Waals surface area contributed by atoms with Gasteiger partial charge in [-0.25, -0.2) is 0 Å². The summed E-state index contributed by atoms with van der Waals surface area (Å²) in [5.41, 5.74) is 0. The fraction of sp³-hybridized carbons (Fsp3) is 0.864. The SMILES string of the molecule is CC(C)C[C@H](CC(=O)[C@H](CC(C)C)NC(C)C)C(=O)N[C@H](C=O)CC(C)C. The van der Waals surface area contributed by atoms with Gasteiger partial charge in [-0.05, 0) is 37.0 Å². The summed E-state index contributed by atoms with van der Waals surface area (Å²) in [5.74, 6) is 0.530. The molecule has 0 aromatic carbocycles. The first kappa shape index (κ1) is 25.8. The maximum Gasteiger partial charge on any atom is 0.224 e. The van der Waals surface area contributed by atoms with Crippen LogP contribution in [0.25, 0.3) is 0 Å². The number of aldehydes is 1. The van der Waals surface area contributed by atoms with Crippen molar-refractivity contribution in [2.24, 2.45) is 23.7 Å². The molecule has 0 aromatic heterocycles. The number of rotatable bonds is 14. The molecule has 0 saturated heterocycles. The van der Waals surface area contributed by atoms with Crippen molar-refractivity contribution in [1.82, 2.24) is 10.6 Å². The topological polar surface area (TPSA) is 75.3 Å². The van der Waals surface area contributed by atoms with Gasteiger partial charge in [-0.3, -0.25) is 9.59 Å². The highest BCUT2D eigenvalue weighted by Crippen LogP contribution is 2.20. The van der Waals surface area contributed by atoms with Gasteiger partial charge >= 0.3 is 0 Å². The van der Waals surface area contributed by atoms with Crippen LogP contribution in [-0.2, 0) is 14.4 Å². The third-order valence-corrected chi connectivity index (χ3v) is 4.42. The number of ketones is 1. The average Bonchev–Trinajstić information content (AvgIpc) is 2.50. The Morgan fingerprint density at radius 3 is 1.74 bits per heavy atom. The molecule has 0 radical (unpaired) electrons. The first-order valence-corrected chi connectivity index (χ1v) is 10.5. The van der Waals surface area contributed by atoms with E-state index in [0.29, 0.717) is 30.6 Å². The van der Waals surface area contributed by atoms with Crippen LogP contribution in [0.4, 0.5) is 0 Å². The number of amides is 1. The summed E-state index contributed by atoms with van der Waals surface area (Å²) >= 11 is 0. The molecule has 5 heteroatoms. The van der Waals surface area contributed by atoms with Gasteiger partial charge in [-0.1, -0.05) is 55.4 Å². The lowest BCUT2D eigenvalue weighted by atomic mass is 9.87. The molecule has 158 valence electrons. The van der Waals surface area contributed by atoms with Gasteiger partial charge in [0.1, 0.15) is 6.29 Å². The zero-order valence-electron chi connectivity index (χ0n) is 18.7. The minimum atomic E-state index is -0.484. The molecule has 3 atom stereocenters. The smallest absolute Gasteiger partial charge is 0.224 e. The Balaban J connectivity index is 5.17. The van der Waals surface area contributed by atoms with E-state index in [0.717, 1.165) is 12.7 Å². The van der Waals surface area contributed by atoms with Crippen molar-refractivity contribution < 1.29 is 14.4 Å². The van der Waals surface area contributed by atoms with Crippen molar-refractivity contribution in [3.63, 3.8) is 0 Å². The lowest BCUT2D eigenvalue weighted by Crippen LogP contribution is -2.45. The maximum absolute atomic E-state index is 12.9. The van der Waals surface area contributed by atoms with Gasteiger partial charge in [0.15, 0.2) is 5.78 Å². The Labute approximate surface area is 166 Å². The van der Waals surface area contributed by atoms with Crippen LogP contribution in [0.15, 0.2) is 0 Å². The van der Waals surface area contributed by atoms with Crippen LogP contribution in [-0.4, -0.2) is 36.1 Å². The summed E-state index contributed by atoms with van der Waals surface area (Å²) in [6.45, 7) is 16.4. The zero-order valence-corrected chi connectivity index (χ0v) is 18.7. The van der Waals surface area contributed by atoms with Gasteiger partial charge in [0.25, 0.3) is 0 Å². The van der Waals surface area contributed by atoms with Gasteiger partial charge in [0, 0.05) is 18.4 Å². The van der Waals surface area contributed by atoms with Crippen molar-refractivity contribution in [1.29, 1.82) is 0 Å². The number of hydrogen-bond donors (Lipinski definition) is 2. The van der Waals surface area contributed by atoms with E-state index in [1.807, 2.05) is 41.5 Å². The fourth-order valence-electron chi connectivity index (χ4n) is 3.36. The standard InChI is InChI=1S/C22H42N2O3/c1-14(2)9-18(22(27)24-19(13-25)10-15(3)4)12-21(26)20(11-16(5)6)23-17(7)8/h13-20,23H,9-12H2,1-8H3,(H,24,27)/t18-,19+,20+/m1/s1. The highest BCUT2D eigenvalue weighted by atomic mass is 16.2. The molecule has 0 spiro atoms. The fourth-order valence-corrected chi connectivity index (χ4v) is 3.36. The van der Waals surface area contributed by atoms with Crippen LogP contribution in [0.5, 0.6) is 0 Å². The summed E-state index contributed by atoms with van der Waals surface area (Å²) in [7, 11) is 0. The van der Waals surface area contributed by atoms with E-state index in [1.54, 1.807) is 0 Å². The lowest BCUT2D eigenvalue weighted by Gasteiger charge is -2.26. The van der Waals surface area contributed by atoms with Crippen LogP contribution in [0.1, 0.15) is 81.1 Å². The van der Waals surface area contributed by atoms with Gasteiger partial charge in [0.2, 0.25) is 5.91 Å². The van der Waals surface area contributed by atoms with E-state index in [-0.39, 0.29) is 30.2 Å². The Kier molecular flexibility index (Phi) is 12.4. The molecule has 5 nitrogen and oxygen atoms in total. The third-order valence-electron chi connectivity index (χ3n) is 4.42. The molecule has 0 saturated carbocycles. The number of Topliss-reactive ketones (excluding diaryl/α,β-unsaturated/α-hetero) is 1. The van der Waals surface area contributed by atoms with Gasteiger partial charge < -0.3 is 15.4 Å². The van der Waals surface area contributed by atoms with E-state index in [9.17, 15) is 14.4 Å². The van der Waals surface area contributed by atoms with E-state index >= 15 is 0 Å². The average molecular weight is 383 g/mol. The molecule has 0 aliphatic carbocycles. The van der Waals surface area contributed by atoms with Gasteiger partial charge in [-0.2, -0.15) is 0 Å². The van der Waals surface area contributed by atoms with E-state index in [4.69, 9.17) is 0 Å². The second kappa shape index (κ2) is 13.0. The molecule has 1 amide bonds. The van der Waals surface area contributed by atoms with Crippen molar-refractivity contribution >= 4 is 18.0 Å². The molecule has 0 aliphatic heterocycles.